The van der Waals surface area contributed by atoms with Gasteiger partial charge in [0.15, 0.2) is 0 Å². The van der Waals surface area contributed by atoms with Crippen molar-refractivity contribution in [3.8, 4) is 11.5 Å². The number of aromatic nitrogens is 1. The summed E-state index contributed by atoms with van der Waals surface area (Å²) in [6.45, 7) is 1.92. The Morgan fingerprint density at radius 2 is 1.48 bits per heavy atom. The van der Waals surface area contributed by atoms with Crippen LogP contribution in [0.2, 0.25) is 0 Å². The standard InChI is InChI=1S/C23H19NO3S2/c1-17-12-14-20(15-13-17)29(25,26)22-23(28-16-18-8-4-2-5-9-18)27-21(24-22)19-10-6-3-7-11-19/h2-15H,16H2,1H3. The zero-order chi connectivity index (χ0) is 20.3. The van der Waals surface area contributed by atoms with E-state index in [-0.39, 0.29) is 9.92 Å². The molecule has 0 aliphatic rings. The maximum atomic E-state index is 13.3. The Hall–Kier alpha value is -2.83. The van der Waals surface area contributed by atoms with Crippen molar-refractivity contribution in [2.75, 3.05) is 0 Å². The second kappa shape index (κ2) is 8.27. The summed E-state index contributed by atoms with van der Waals surface area (Å²) in [5.41, 5.74) is 2.81. The molecule has 0 amide bonds. The van der Waals surface area contributed by atoms with Crippen LogP contribution in [0.5, 0.6) is 0 Å². The Balaban J connectivity index is 1.76. The van der Waals surface area contributed by atoms with E-state index in [0.717, 1.165) is 16.7 Å². The van der Waals surface area contributed by atoms with Gasteiger partial charge in [0, 0.05) is 11.3 Å². The molecule has 4 aromatic rings. The maximum absolute atomic E-state index is 13.3. The summed E-state index contributed by atoms with van der Waals surface area (Å²) in [7, 11) is -3.80. The van der Waals surface area contributed by atoms with Crippen molar-refractivity contribution in [2.24, 2.45) is 0 Å². The van der Waals surface area contributed by atoms with E-state index in [1.54, 1.807) is 24.3 Å². The van der Waals surface area contributed by atoms with Crippen LogP contribution in [0.15, 0.2) is 104 Å². The second-order valence-corrected chi connectivity index (χ2v) is 9.38. The van der Waals surface area contributed by atoms with Crippen LogP contribution in [0.25, 0.3) is 11.5 Å². The van der Waals surface area contributed by atoms with Gasteiger partial charge in [0.05, 0.1) is 4.90 Å². The lowest BCUT2D eigenvalue weighted by atomic mass is 10.2. The summed E-state index contributed by atoms with van der Waals surface area (Å²) in [4.78, 5) is 4.59. The van der Waals surface area contributed by atoms with E-state index in [9.17, 15) is 8.42 Å². The minimum absolute atomic E-state index is 0.0406. The summed E-state index contributed by atoms with van der Waals surface area (Å²) in [6, 6.07) is 25.9. The molecule has 0 radical (unpaired) electrons. The van der Waals surface area contributed by atoms with Crippen molar-refractivity contribution in [2.45, 2.75) is 27.7 Å². The van der Waals surface area contributed by atoms with Crippen LogP contribution in [0, 0.1) is 6.92 Å². The molecule has 0 N–H and O–H groups in total. The third kappa shape index (κ3) is 4.28. The molecule has 0 aliphatic heterocycles. The average molecular weight is 422 g/mol. The lowest BCUT2D eigenvalue weighted by Crippen LogP contribution is -2.04. The Labute approximate surface area is 174 Å². The quantitative estimate of drug-likeness (QED) is 0.370. The number of aryl methyl sites for hydroxylation is 1. The van der Waals surface area contributed by atoms with E-state index in [2.05, 4.69) is 4.98 Å². The number of hydrogen-bond acceptors (Lipinski definition) is 5. The van der Waals surface area contributed by atoms with Gasteiger partial charge in [-0.2, -0.15) is 4.98 Å². The molecule has 4 rings (SSSR count). The Morgan fingerprint density at radius 1 is 0.862 bits per heavy atom. The minimum Gasteiger partial charge on any atom is -0.428 e. The molecular formula is C23H19NO3S2. The molecule has 1 heterocycles. The van der Waals surface area contributed by atoms with Gasteiger partial charge in [-0.15, -0.1) is 0 Å². The number of benzene rings is 3. The largest absolute Gasteiger partial charge is 0.428 e. The first-order valence-corrected chi connectivity index (χ1v) is 11.6. The number of nitrogens with zero attached hydrogens (tertiary/aromatic N) is 1. The molecule has 29 heavy (non-hydrogen) atoms. The predicted molar refractivity (Wildman–Crippen MR) is 115 cm³/mol. The van der Waals surface area contributed by atoms with Crippen LogP contribution in [0.3, 0.4) is 0 Å². The van der Waals surface area contributed by atoms with E-state index in [1.165, 1.54) is 11.8 Å². The molecule has 0 bridgehead atoms. The lowest BCUT2D eigenvalue weighted by Gasteiger charge is -2.04. The minimum atomic E-state index is -3.80. The van der Waals surface area contributed by atoms with Crippen LogP contribution in [-0.4, -0.2) is 13.4 Å². The van der Waals surface area contributed by atoms with Gasteiger partial charge in [-0.05, 0) is 36.8 Å². The SMILES string of the molecule is Cc1ccc(S(=O)(=O)c2nc(-c3ccccc3)oc2SCc2ccccc2)cc1. The summed E-state index contributed by atoms with van der Waals surface area (Å²) in [5.74, 6) is 0.882. The highest BCUT2D eigenvalue weighted by atomic mass is 32.2. The highest BCUT2D eigenvalue weighted by Crippen LogP contribution is 2.36. The van der Waals surface area contributed by atoms with Gasteiger partial charge in [-0.3, -0.25) is 0 Å². The number of thioether (sulfide) groups is 1. The molecule has 0 aliphatic carbocycles. The van der Waals surface area contributed by atoms with Crippen LogP contribution < -0.4 is 0 Å². The number of hydrogen-bond donors (Lipinski definition) is 0. The van der Waals surface area contributed by atoms with Gasteiger partial charge < -0.3 is 4.42 Å². The fourth-order valence-electron chi connectivity index (χ4n) is 2.81. The molecule has 0 unspecified atom stereocenters. The van der Waals surface area contributed by atoms with Gasteiger partial charge in [-0.25, -0.2) is 8.42 Å². The van der Waals surface area contributed by atoms with Crippen LogP contribution in [0.4, 0.5) is 0 Å². The average Bonchev–Trinajstić information content (AvgIpc) is 3.19. The molecule has 6 heteroatoms. The van der Waals surface area contributed by atoms with Crippen molar-refractivity contribution in [3.63, 3.8) is 0 Å². The smallest absolute Gasteiger partial charge is 0.228 e. The molecule has 0 atom stereocenters. The van der Waals surface area contributed by atoms with Gasteiger partial charge in [-0.1, -0.05) is 78.0 Å². The zero-order valence-corrected chi connectivity index (χ0v) is 17.4. The van der Waals surface area contributed by atoms with Gasteiger partial charge in [0.25, 0.3) is 0 Å². The molecule has 0 saturated carbocycles. The van der Waals surface area contributed by atoms with Crippen molar-refractivity contribution in [1.29, 1.82) is 0 Å². The Bertz CT molecular complexity index is 1200. The van der Waals surface area contributed by atoms with E-state index in [0.29, 0.717) is 16.7 Å². The van der Waals surface area contributed by atoms with Crippen molar-refractivity contribution >= 4 is 21.6 Å². The molecular weight excluding hydrogens is 402 g/mol. The van der Waals surface area contributed by atoms with Gasteiger partial charge in [0.1, 0.15) is 0 Å². The van der Waals surface area contributed by atoms with E-state index >= 15 is 0 Å². The molecule has 1 aromatic heterocycles. The van der Waals surface area contributed by atoms with Crippen molar-refractivity contribution in [1.82, 2.24) is 4.98 Å². The summed E-state index contributed by atoms with van der Waals surface area (Å²) in [6.07, 6.45) is 0. The first-order chi connectivity index (χ1) is 14.0. The molecule has 146 valence electrons. The third-order valence-corrected chi connectivity index (χ3v) is 7.21. The third-order valence-electron chi connectivity index (χ3n) is 4.39. The van der Waals surface area contributed by atoms with Crippen molar-refractivity contribution < 1.29 is 12.8 Å². The number of rotatable bonds is 6. The van der Waals surface area contributed by atoms with Crippen LogP contribution in [0.1, 0.15) is 11.1 Å². The normalized spacial score (nSPS) is 11.5. The lowest BCUT2D eigenvalue weighted by molar-refractivity contribution is 0.470. The summed E-state index contributed by atoms with van der Waals surface area (Å²) in [5, 5.41) is 0.259. The van der Waals surface area contributed by atoms with Gasteiger partial charge in [0.2, 0.25) is 25.8 Å². The van der Waals surface area contributed by atoms with E-state index in [4.69, 9.17) is 4.42 Å². The zero-order valence-electron chi connectivity index (χ0n) is 15.8. The van der Waals surface area contributed by atoms with Crippen LogP contribution in [-0.2, 0) is 15.6 Å². The van der Waals surface area contributed by atoms with Crippen LogP contribution >= 0.6 is 11.8 Å². The number of sulfone groups is 1. The fraction of sp³-hybridized carbons (Fsp3) is 0.0870. The molecule has 0 spiro atoms. The summed E-state index contributed by atoms with van der Waals surface area (Å²) >= 11 is 1.33. The highest BCUT2D eigenvalue weighted by molar-refractivity contribution is 7.99. The first kappa shape index (κ1) is 19.5. The highest BCUT2D eigenvalue weighted by Gasteiger charge is 2.28. The fourth-order valence-corrected chi connectivity index (χ4v) is 5.29. The maximum Gasteiger partial charge on any atom is 0.228 e. The predicted octanol–water partition coefficient (Wildman–Crippen LogP) is 5.78. The number of oxazole rings is 1. The molecule has 0 fully saturated rings. The van der Waals surface area contributed by atoms with Crippen molar-refractivity contribution in [3.05, 3.63) is 96.1 Å². The Kier molecular flexibility index (Phi) is 5.56. The topological polar surface area (TPSA) is 60.2 Å². The monoisotopic (exact) mass is 421 g/mol. The first-order valence-electron chi connectivity index (χ1n) is 9.09. The molecule has 3 aromatic carbocycles. The van der Waals surface area contributed by atoms with Gasteiger partial charge >= 0.3 is 0 Å². The second-order valence-electron chi connectivity index (χ2n) is 6.57. The van der Waals surface area contributed by atoms with E-state index in [1.807, 2.05) is 67.6 Å². The summed E-state index contributed by atoms with van der Waals surface area (Å²) < 4.78 is 32.5. The Morgan fingerprint density at radius 3 is 2.14 bits per heavy atom. The molecule has 4 nitrogen and oxygen atoms in total. The van der Waals surface area contributed by atoms with E-state index < -0.39 is 9.84 Å². The molecule has 0 saturated heterocycles.